The van der Waals surface area contributed by atoms with Crippen LogP contribution in [0.2, 0.25) is 0 Å². The fourth-order valence-corrected chi connectivity index (χ4v) is 1.19. The topological polar surface area (TPSA) is 17.1 Å². The van der Waals surface area contributed by atoms with Gasteiger partial charge in [0.25, 0.3) is 0 Å². The maximum absolute atomic E-state index is 13.0. The second-order valence-corrected chi connectivity index (χ2v) is 2.46. The molecule has 0 unspecified atom stereocenters. The van der Waals surface area contributed by atoms with Crippen LogP contribution in [0.3, 0.4) is 0 Å². The van der Waals surface area contributed by atoms with E-state index < -0.39 is 0 Å². The van der Waals surface area contributed by atoms with Crippen molar-refractivity contribution >= 4 is 17.6 Å². The standard InChI is InChI=1S/C10H7F.CH2O/c11-10-7-3-5-8-4-1-2-6-9(8)10;1-2/h1-7H;1H2. The smallest absolute Gasteiger partial charge is 0.131 e. The molecule has 2 aromatic carbocycles. The molecule has 2 aromatic rings. The number of hydrogen-bond donors (Lipinski definition) is 0. The third-order valence-corrected chi connectivity index (χ3v) is 1.74. The van der Waals surface area contributed by atoms with Crippen LogP contribution in [0.5, 0.6) is 0 Å². The number of carbonyl (C=O) groups is 1. The second kappa shape index (κ2) is 4.36. The zero-order valence-electron chi connectivity index (χ0n) is 7.03. The molecule has 0 N–H and O–H groups in total. The van der Waals surface area contributed by atoms with Gasteiger partial charge in [-0.25, -0.2) is 4.39 Å². The summed E-state index contributed by atoms with van der Waals surface area (Å²) in [5.41, 5.74) is 0. The van der Waals surface area contributed by atoms with Crippen molar-refractivity contribution in [3.8, 4) is 0 Å². The molecule has 0 aliphatic carbocycles. The van der Waals surface area contributed by atoms with Crippen LogP contribution in [0.25, 0.3) is 10.8 Å². The Morgan fingerprint density at radius 2 is 1.54 bits per heavy atom. The molecular weight excluding hydrogens is 167 g/mol. The van der Waals surface area contributed by atoms with Crippen LogP contribution in [-0.4, -0.2) is 6.79 Å². The van der Waals surface area contributed by atoms with E-state index in [-0.39, 0.29) is 5.82 Å². The van der Waals surface area contributed by atoms with Gasteiger partial charge in [0.15, 0.2) is 0 Å². The van der Waals surface area contributed by atoms with Crippen molar-refractivity contribution in [2.24, 2.45) is 0 Å². The molecule has 0 heterocycles. The highest BCUT2D eigenvalue weighted by molar-refractivity contribution is 5.82. The van der Waals surface area contributed by atoms with Crippen molar-refractivity contribution in [1.82, 2.24) is 0 Å². The molecule has 0 saturated heterocycles. The van der Waals surface area contributed by atoms with E-state index in [0.717, 1.165) is 5.39 Å². The number of benzene rings is 2. The molecule has 1 nitrogen and oxygen atoms in total. The number of carbonyl (C=O) groups excluding carboxylic acids is 1. The molecule has 2 rings (SSSR count). The molecule has 66 valence electrons. The molecule has 0 aromatic heterocycles. The van der Waals surface area contributed by atoms with Crippen molar-refractivity contribution in [2.45, 2.75) is 0 Å². The lowest BCUT2D eigenvalue weighted by Gasteiger charge is -1.95. The maximum Gasteiger partial charge on any atom is 0.131 e. The van der Waals surface area contributed by atoms with Crippen molar-refractivity contribution in [2.75, 3.05) is 0 Å². The van der Waals surface area contributed by atoms with E-state index in [9.17, 15) is 4.39 Å². The first-order valence-corrected chi connectivity index (χ1v) is 3.80. The first-order valence-electron chi connectivity index (χ1n) is 3.80. The predicted octanol–water partition coefficient (Wildman–Crippen LogP) is 2.79. The van der Waals surface area contributed by atoms with E-state index >= 15 is 0 Å². The van der Waals surface area contributed by atoms with Gasteiger partial charge in [-0.2, -0.15) is 0 Å². The Balaban J connectivity index is 0.000000396. The van der Waals surface area contributed by atoms with Crippen LogP contribution in [-0.2, 0) is 4.79 Å². The lowest BCUT2D eigenvalue weighted by atomic mass is 10.1. The Morgan fingerprint density at radius 3 is 2.23 bits per heavy atom. The first kappa shape index (κ1) is 9.39. The Bertz CT molecular complexity index is 393. The van der Waals surface area contributed by atoms with Gasteiger partial charge in [0, 0.05) is 5.39 Å². The summed E-state index contributed by atoms with van der Waals surface area (Å²) < 4.78 is 13.0. The Morgan fingerprint density at radius 1 is 0.923 bits per heavy atom. The highest BCUT2D eigenvalue weighted by atomic mass is 19.1. The predicted molar refractivity (Wildman–Crippen MR) is 51.0 cm³/mol. The largest absolute Gasteiger partial charge is 0.307 e. The number of halogens is 1. The highest BCUT2D eigenvalue weighted by Gasteiger charge is 1.95. The number of rotatable bonds is 0. The second-order valence-electron chi connectivity index (χ2n) is 2.46. The number of fused-ring (bicyclic) bond motifs is 1. The van der Waals surface area contributed by atoms with E-state index in [0.29, 0.717) is 5.39 Å². The van der Waals surface area contributed by atoms with E-state index in [1.807, 2.05) is 31.1 Å². The maximum atomic E-state index is 13.0. The van der Waals surface area contributed by atoms with Gasteiger partial charge in [-0.05, 0) is 11.5 Å². The summed E-state index contributed by atoms with van der Waals surface area (Å²) >= 11 is 0. The summed E-state index contributed by atoms with van der Waals surface area (Å²) in [6.07, 6.45) is 0. The summed E-state index contributed by atoms with van der Waals surface area (Å²) in [5.74, 6) is -0.150. The van der Waals surface area contributed by atoms with Crippen LogP contribution in [0, 0.1) is 5.82 Å². The Hall–Kier alpha value is -1.70. The van der Waals surface area contributed by atoms with Gasteiger partial charge in [-0.3, -0.25) is 0 Å². The van der Waals surface area contributed by atoms with Crippen LogP contribution in [0.15, 0.2) is 42.5 Å². The quantitative estimate of drug-likeness (QED) is 0.603. The average molecular weight is 176 g/mol. The molecule has 0 radical (unpaired) electrons. The molecule has 0 fully saturated rings. The van der Waals surface area contributed by atoms with Gasteiger partial charge in [0.1, 0.15) is 12.6 Å². The van der Waals surface area contributed by atoms with E-state index in [1.165, 1.54) is 6.07 Å². The van der Waals surface area contributed by atoms with E-state index in [4.69, 9.17) is 4.79 Å². The summed E-state index contributed by atoms with van der Waals surface area (Å²) in [6.45, 7) is 2.00. The summed E-state index contributed by atoms with van der Waals surface area (Å²) in [4.78, 5) is 8.00. The van der Waals surface area contributed by atoms with Gasteiger partial charge in [-0.15, -0.1) is 0 Å². The normalized spacial score (nSPS) is 9.00. The minimum Gasteiger partial charge on any atom is -0.307 e. The molecule has 13 heavy (non-hydrogen) atoms. The molecule has 0 spiro atoms. The minimum atomic E-state index is -0.150. The fraction of sp³-hybridized carbons (Fsp3) is 0. The van der Waals surface area contributed by atoms with Crippen LogP contribution >= 0.6 is 0 Å². The van der Waals surface area contributed by atoms with Gasteiger partial charge >= 0.3 is 0 Å². The third-order valence-electron chi connectivity index (χ3n) is 1.74. The van der Waals surface area contributed by atoms with Crippen molar-refractivity contribution in [1.29, 1.82) is 0 Å². The molecular formula is C11H9FO. The Kier molecular flexibility index (Phi) is 3.15. The van der Waals surface area contributed by atoms with Crippen LogP contribution in [0.4, 0.5) is 4.39 Å². The average Bonchev–Trinajstić information content (AvgIpc) is 2.22. The van der Waals surface area contributed by atoms with Crippen LogP contribution in [0.1, 0.15) is 0 Å². The lowest BCUT2D eigenvalue weighted by Crippen LogP contribution is -1.76. The van der Waals surface area contributed by atoms with E-state index in [1.54, 1.807) is 12.1 Å². The van der Waals surface area contributed by atoms with Gasteiger partial charge < -0.3 is 4.79 Å². The molecule has 0 bridgehead atoms. The summed E-state index contributed by atoms with van der Waals surface area (Å²) in [5, 5.41) is 1.64. The molecule has 0 atom stereocenters. The Labute approximate surface area is 75.8 Å². The molecule has 0 amide bonds. The lowest BCUT2D eigenvalue weighted by molar-refractivity contribution is -0.0979. The molecule has 0 aliphatic heterocycles. The van der Waals surface area contributed by atoms with Gasteiger partial charge in [-0.1, -0.05) is 36.4 Å². The van der Waals surface area contributed by atoms with Crippen LogP contribution < -0.4 is 0 Å². The summed E-state index contributed by atoms with van der Waals surface area (Å²) in [6, 6.07) is 12.5. The van der Waals surface area contributed by atoms with Gasteiger partial charge in [0.05, 0.1) is 0 Å². The van der Waals surface area contributed by atoms with E-state index in [2.05, 4.69) is 0 Å². The van der Waals surface area contributed by atoms with Crippen molar-refractivity contribution < 1.29 is 9.18 Å². The third kappa shape index (κ3) is 1.90. The summed E-state index contributed by atoms with van der Waals surface area (Å²) in [7, 11) is 0. The van der Waals surface area contributed by atoms with Gasteiger partial charge in [0.2, 0.25) is 0 Å². The zero-order chi connectivity index (χ0) is 9.68. The molecule has 0 aliphatic rings. The SMILES string of the molecule is C=O.Fc1cccc2ccccc12. The monoisotopic (exact) mass is 176 g/mol. The first-order chi connectivity index (χ1) is 6.38. The fourth-order valence-electron chi connectivity index (χ4n) is 1.19. The van der Waals surface area contributed by atoms with Crippen molar-refractivity contribution in [3.63, 3.8) is 0 Å². The number of hydrogen-bond acceptors (Lipinski definition) is 1. The van der Waals surface area contributed by atoms with Crippen molar-refractivity contribution in [3.05, 3.63) is 48.3 Å². The molecule has 2 heteroatoms. The highest BCUT2D eigenvalue weighted by Crippen LogP contribution is 2.15. The zero-order valence-corrected chi connectivity index (χ0v) is 7.03. The molecule has 0 saturated carbocycles. The minimum absolute atomic E-state index is 0.150.